The van der Waals surface area contributed by atoms with Crippen molar-refractivity contribution >= 4 is 161 Å². The zero-order valence-corrected chi connectivity index (χ0v) is 30.8. The summed E-state index contributed by atoms with van der Waals surface area (Å²) in [5.41, 5.74) is 20.4. The molecule has 0 aliphatic carbocycles. The molecular formula is C42H34B8O. The van der Waals surface area contributed by atoms with Gasteiger partial charge in [0.15, 0.2) is 0 Å². The third-order valence-corrected chi connectivity index (χ3v) is 12.3. The maximum atomic E-state index is 6.50. The highest BCUT2D eigenvalue weighted by atomic mass is 16.3. The summed E-state index contributed by atoms with van der Waals surface area (Å²) in [5.74, 6) is 0. The summed E-state index contributed by atoms with van der Waals surface area (Å²) in [5, 5.41) is 10.2. The van der Waals surface area contributed by atoms with Crippen LogP contribution in [0.25, 0.3) is 87.6 Å². The van der Waals surface area contributed by atoms with Crippen molar-refractivity contribution in [1.29, 1.82) is 0 Å². The van der Waals surface area contributed by atoms with Crippen LogP contribution in [0.15, 0.2) is 114 Å². The highest BCUT2D eigenvalue weighted by Crippen LogP contribution is 2.43. The van der Waals surface area contributed by atoms with Crippen molar-refractivity contribution in [3.05, 3.63) is 109 Å². The van der Waals surface area contributed by atoms with Crippen molar-refractivity contribution in [1.82, 2.24) is 0 Å². The van der Waals surface area contributed by atoms with E-state index in [4.69, 9.17) is 4.42 Å². The summed E-state index contributed by atoms with van der Waals surface area (Å²) in [7, 11) is 18.6. The van der Waals surface area contributed by atoms with E-state index in [0.717, 1.165) is 16.6 Å². The minimum absolute atomic E-state index is 0.925. The van der Waals surface area contributed by atoms with E-state index in [1.54, 1.807) is 0 Å². The van der Waals surface area contributed by atoms with Gasteiger partial charge < -0.3 is 4.42 Å². The molecule has 9 aromatic rings. The lowest BCUT2D eigenvalue weighted by Crippen LogP contribution is -2.50. The van der Waals surface area contributed by atoms with Gasteiger partial charge in [-0.05, 0) is 83.9 Å². The molecule has 0 N–H and O–H groups in total. The van der Waals surface area contributed by atoms with Crippen molar-refractivity contribution in [3.8, 4) is 33.4 Å². The van der Waals surface area contributed by atoms with E-state index >= 15 is 0 Å². The van der Waals surface area contributed by atoms with E-state index in [2.05, 4.69) is 172 Å². The molecule has 51 heavy (non-hydrogen) atoms. The second-order valence-corrected chi connectivity index (χ2v) is 14.7. The van der Waals surface area contributed by atoms with Crippen LogP contribution < -0.4 is 43.7 Å². The number of hydrogen-bond donors (Lipinski definition) is 0. The van der Waals surface area contributed by atoms with E-state index in [9.17, 15) is 0 Å². The SMILES string of the molecule is Bc1c(B)c(B)c2c(-c3ccc4oc5ccc6ccccc6c5c4c3)c3c(B)c(B)c(B)c(B)c3c(-c3ccc(-c4ccccc4)cc3)c2c1B. The molecule has 0 unspecified atom stereocenters. The molecular weight excluding hydrogens is 607 g/mol. The molecule has 0 saturated heterocycles. The van der Waals surface area contributed by atoms with Gasteiger partial charge in [0.1, 0.15) is 73.9 Å². The third-order valence-electron chi connectivity index (χ3n) is 12.3. The molecule has 9 rings (SSSR count). The van der Waals surface area contributed by atoms with E-state index < -0.39 is 0 Å². The summed E-state index contributed by atoms with van der Waals surface area (Å²) in [4.78, 5) is 0. The van der Waals surface area contributed by atoms with Gasteiger partial charge in [-0.2, -0.15) is 0 Å². The van der Waals surface area contributed by atoms with Gasteiger partial charge in [-0.25, -0.2) is 0 Å². The van der Waals surface area contributed by atoms with Crippen LogP contribution in [-0.4, -0.2) is 62.8 Å². The molecule has 8 aromatic carbocycles. The average molecular weight is 641 g/mol. The van der Waals surface area contributed by atoms with Gasteiger partial charge in [0, 0.05) is 10.8 Å². The van der Waals surface area contributed by atoms with Crippen LogP contribution in [0.1, 0.15) is 0 Å². The van der Waals surface area contributed by atoms with Gasteiger partial charge >= 0.3 is 0 Å². The van der Waals surface area contributed by atoms with Crippen LogP contribution in [0.5, 0.6) is 0 Å². The first-order valence-electron chi connectivity index (χ1n) is 18.1. The summed E-state index contributed by atoms with van der Waals surface area (Å²) >= 11 is 0. The third kappa shape index (κ3) is 4.60. The maximum Gasteiger partial charge on any atom is 0.139 e. The second-order valence-electron chi connectivity index (χ2n) is 14.7. The zero-order valence-electron chi connectivity index (χ0n) is 30.8. The number of benzene rings is 8. The molecule has 0 fully saturated rings. The van der Waals surface area contributed by atoms with E-state index in [0.29, 0.717) is 0 Å². The molecule has 1 aromatic heterocycles. The monoisotopic (exact) mass is 642 g/mol. The first-order valence-corrected chi connectivity index (χ1v) is 18.1. The lowest BCUT2D eigenvalue weighted by atomic mass is 9.59. The van der Waals surface area contributed by atoms with E-state index in [-0.39, 0.29) is 0 Å². The molecule has 1 nitrogen and oxygen atoms in total. The van der Waals surface area contributed by atoms with E-state index in [1.807, 2.05) is 0 Å². The minimum atomic E-state index is 0.925. The van der Waals surface area contributed by atoms with Crippen molar-refractivity contribution in [2.24, 2.45) is 0 Å². The summed E-state index contributed by atoms with van der Waals surface area (Å²) in [6.45, 7) is 0. The van der Waals surface area contributed by atoms with Gasteiger partial charge in [0.25, 0.3) is 0 Å². The minimum Gasteiger partial charge on any atom is -0.456 e. The summed E-state index contributed by atoms with van der Waals surface area (Å²) in [6, 6.07) is 39.8. The zero-order chi connectivity index (χ0) is 35.3. The Kier molecular flexibility index (Phi) is 7.30. The van der Waals surface area contributed by atoms with Crippen molar-refractivity contribution < 1.29 is 4.42 Å². The maximum absolute atomic E-state index is 6.50. The Hall–Kier alpha value is -5.14. The van der Waals surface area contributed by atoms with E-state index in [1.165, 1.54) is 115 Å². The van der Waals surface area contributed by atoms with Crippen LogP contribution in [-0.2, 0) is 0 Å². The molecule has 0 bridgehead atoms. The Bertz CT molecular complexity index is 2850. The first-order chi connectivity index (χ1) is 24.7. The second kappa shape index (κ2) is 11.7. The van der Waals surface area contributed by atoms with Gasteiger partial charge in [0.05, 0.1) is 0 Å². The van der Waals surface area contributed by atoms with Crippen molar-refractivity contribution in [2.45, 2.75) is 0 Å². The Balaban J connectivity index is 1.47. The molecule has 0 saturated carbocycles. The number of hydrogen-bond acceptors (Lipinski definition) is 1. The number of rotatable bonds is 3. The Morgan fingerprint density at radius 2 is 0.765 bits per heavy atom. The molecule has 1 heterocycles. The Morgan fingerprint density at radius 1 is 0.314 bits per heavy atom. The molecule has 0 radical (unpaired) electrons. The van der Waals surface area contributed by atoms with Gasteiger partial charge in [-0.15, -0.1) is 21.9 Å². The van der Waals surface area contributed by atoms with Crippen LogP contribution in [0, 0.1) is 0 Å². The Labute approximate surface area is 306 Å². The lowest BCUT2D eigenvalue weighted by Gasteiger charge is -2.28. The molecule has 9 heteroatoms. The molecule has 0 aliphatic heterocycles. The van der Waals surface area contributed by atoms with Crippen LogP contribution in [0.3, 0.4) is 0 Å². The van der Waals surface area contributed by atoms with Gasteiger partial charge in [0.2, 0.25) is 0 Å². The topological polar surface area (TPSA) is 13.1 Å². The van der Waals surface area contributed by atoms with Crippen LogP contribution in [0.4, 0.5) is 0 Å². The predicted molar refractivity (Wildman–Crippen MR) is 248 cm³/mol. The van der Waals surface area contributed by atoms with Gasteiger partial charge in [-0.3, -0.25) is 0 Å². The first kappa shape index (κ1) is 31.8. The smallest absolute Gasteiger partial charge is 0.139 e. The van der Waals surface area contributed by atoms with Crippen LogP contribution >= 0.6 is 0 Å². The fourth-order valence-corrected chi connectivity index (χ4v) is 8.87. The van der Waals surface area contributed by atoms with Crippen LogP contribution in [0.2, 0.25) is 0 Å². The molecule has 0 aliphatic rings. The summed E-state index contributed by atoms with van der Waals surface area (Å²) < 4.78 is 6.50. The van der Waals surface area contributed by atoms with Crippen molar-refractivity contribution in [3.63, 3.8) is 0 Å². The highest BCUT2D eigenvalue weighted by molar-refractivity contribution is 6.71. The quantitative estimate of drug-likeness (QED) is 0.163. The molecule has 0 atom stereocenters. The number of furan rings is 1. The highest BCUT2D eigenvalue weighted by Gasteiger charge is 2.25. The lowest BCUT2D eigenvalue weighted by molar-refractivity contribution is 0.669. The van der Waals surface area contributed by atoms with Crippen molar-refractivity contribution in [2.75, 3.05) is 0 Å². The number of fused-ring (bicyclic) bond motifs is 7. The largest absolute Gasteiger partial charge is 0.456 e. The summed E-state index contributed by atoms with van der Waals surface area (Å²) in [6.07, 6.45) is 0. The fraction of sp³-hybridized carbons (Fsp3) is 0. The molecule has 232 valence electrons. The predicted octanol–water partition coefficient (Wildman–Crippen LogP) is -1.89. The molecule has 0 amide bonds. The Morgan fingerprint density at radius 3 is 1.35 bits per heavy atom. The fourth-order valence-electron chi connectivity index (χ4n) is 8.87. The normalized spacial score (nSPS) is 11.8. The van der Waals surface area contributed by atoms with Gasteiger partial charge in [-0.1, -0.05) is 113 Å². The molecule has 0 spiro atoms. The standard InChI is InChI=1S/C42H34B8O/c43-35-31-28(22-12-10-20(11-13-22)19-6-2-1-3-7-19)32-34(38(46)42(50)40(48)36(32)44)29(33(31)37(45)41(49)39(35)47)23-15-16-26-25(18-23)30-24-9-5-4-8-21(24)14-17-27(30)51-26/h1-18H,43-50H2. The average Bonchev–Trinajstić information content (AvgIpc) is 3.55.